The maximum Gasteiger partial charge on any atom is 0.203 e. The summed E-state index contributed by atoms with van der Waals surface area (Å²) in [5, 5.41) is 3.84. The lowest BCUT2D eigenvalue weighted by Crippen LogP contribution is -1.83. The molecule has 0 aliphatic rings. The smallest absolute Gasteiger partial charge is 0.203 e. The van der Waals surface area contributed by atoms with Gasteiger partial charge in [-0.2, -0.15) is 0 Å². The minimum Gasteiger partial charge on any atom is -0.352 e. The Morgan fingerprint density at radius 2 is 1.58 bits per heavy atom. The van der Waals surface area contributed by atoms with Gasteiger partial charge in [-0.15, -0.1) is 0 Å². The number of rotatable bonds is 2. The van der Waals surface area contributed by atoms with Gasteiger partial charge in [0.15, 0.2) is 5.82 Å². The monoisotopic (exact) mass is 253 g/mol. The van der Waals surface area contributed by atoms with E-state index < -0.39 is 5.82 Å². The zero-order valence-electron chi connectivity index (χ0n) is 10.4. The average Bonchev–Trinajstić information content (AvgIpc) is 2.83. The molecule has 0 spiro atoms. The van der Waals surface area contributed by atoms with Crippen LogP contribution in [-0.4, -0.2) is 5.16 Å². The van der Waals surface area contributed by atoms with E-state index in [0.29, 0.717) is 11.1 Å². The standard InChI is InChI=1S/C16H12FNO/c1-11-7-9-12(10-8-11)15-14(17)16(19-18-15)13-5-3-2-4-6-13/h2-10H,1H3. The maximum absolute atomic E-state index is 14.3. The van der Waals surface area contributed by atoms with Gasteiger partial charge in [-0.05, 0) is 6.92 Å². The van der Waals surface area contributed by atoms with Crippen molar-refractivity contribution in [1.29, 1.82) is 0 Å². The van der Waals surface area contributed by atoms with Crippen molar-refractivity contribution in [2.45, 2.75) is 6.92 Å². The molecule has 3 aromatic rings. The van der Waals surface area contributed by atoms with E-state index in [1.165, 1.54) is 0 Å². The van der Waals surface area contributed by atoms with Crippen LogP contribution in [-0.2, 0) is 0 Å². The zero-order chi connectivity index (χ0) is 13.2. The van der Waals surface area contributed by atoms with E-state index in [0.717, 1.165) is 5.56 Å². The van der Waals surface area contributed by atoms with Crippen LogP contribution in [0.2, 0.25) is 0 Å². The summed E-state index contributed by atoms with van der Waals surface area (Å²) in [7, 11) is 0. The van der Waals surface area contributed by atoms with Gasteiger partial charge >= 0.3 is 0 Å². The molecule has 0 atom stereocenters. The highest BCUT2D eigenvalue weighted by molar-refractivity contribution is 5.67. The van der Waals surface area contributed by atoms with Gasteiger partial charge in [0.2, 0.25) is 5.76 Å². The van der Waals surface area contributed by atoms with Crippen LogP contribution in [0, 0.1) is 12.7 Å². The third-order valence-electron chi connectivity index (χ3n) is 3.00. The molecule has 0 bridgehead atoms. The zero-order valence-corrected chi connectivity index (χ0v) is 10.4. The minimum absolute atomic E-state index is 0.177. The predicted molar refractivity (Wildman–Crippen MR) is 72.1 cm³/mol. The van der Waals surface area contributed by atoms with Crippen molar-refractivity contribution < 1.29 is 8.91 Å². The van der Waals surface area contributed by atoms with Gasteiger partial charge in [0, 0.05) is 11.1 Å². The Bertz CT molecular complexity index is 687. The van der Waals surface area contributed by atoms with Gasteiger partial charge in [-0.3, -0.25) is 0 Å². The molecule has 0 radical (unpaired) electrons. The molecular weight excluding hydrogens is 241 g/mol. The number of hydrogen-bond donors (Lipinski definition) is 0. The van der Waals surface area contributed by atoms with Crippen LogP contribution in [0.25, 0.3) is 22.6 Å². The summed E-state index contributed by atoms with van der Waals surface area (Å²) < 4.78 is 19.5. The summed E-state index contributed by atoms with van der Waals surface area (Å²) in [4.78, 5) is 0. The molecule has 3 rings (SSSR count). The van der Waals surface area contributed by atoms with Crippen LogP contribution < -0.4 is 0 Å². The van der Waals surface area contributed by atoms with Crippen LogP contribution in [0.15, 0.2) is 59.1 Å². The number of nitrogens with zero attached hydrogens (tertiary/aromatic N) is 1. The maximum atomic E-state index is 14.3. The summed E-state index contributed by atoms with van der Waals surface area (Å²) >= 11 is 0. The lowest BCUT2D eigenvalue weighted by Gasteiger charge is -1.97. The van der Waals surface area contributed by atoms with Gasteiger partial charge in [0.1, 0.15) is 5.69 Å². The summed E-state index contributed by atoms with van der Waals surface area (Å²) in [6.07, 6.45) is 0. The number of aryl methyl sites for hydroxylation is 1. The SMILES string of the molecule is Cc1ccc(-c2noc(-c3ccccc3)c2F)cc1. The highest BCUT2D eigenvalue weighted by atomic mass is 19.1. The van der Waals surface area contributed by atoms with Gasteiger partial charge in [0.25, 0.3) is 0 Å². The highest BCUT2D eigenvalue weighted by Gasteiger charge is 2.18. The fourth-order valence-corrected chi connectivity index (χ4v) is 1.94. The van der Waals surface area contributed by atoms with E-state index in [4.69, 9.17) is 4.52 Å². The van der Waals surface area contributed by atoms with Crippen LogP contribution in [0.5, 0.6) is 0 Å². The van der Waals surface area contributed by atoms with E-state index in [2.05, 4.69) is 5.16 Å². The molecule has 1 heterocycles. The van der Waals surface area contributed by atoms with Crippen molar-refractivity contribution in [2.24, 2.45) is 0 Å². The summed E-state index contributed by atoms with van der Waals surface area (Å²) in [5.41, 5.74) is 2.77. The molecular formula is C16H12FNO. The molecule has 19 heavy (non-hydrogen) atoms. The van der Waals surface area contributed by atoms with E-state index >= 15 is 0 Å². The molecule has 0 fully saturated rings. The second-order valence-electron chi connectivity index (χ2n) is 4.41. The fourth-order valence-electron chi connectivity index (χ4n) is 1.94. The second kappa shape index (κ2) is 4.69. The highest BCUT2D eigenvalue weighted by Crippen LogP contribution is 2.30. The Morgan fingerprint density at radius 1 is 0.895 bits per heavy atom. The van der Waals surface area contributed by atoms with Gasteiger partial charge < -0.3 is 4.52 Å². The number of hydrogen-bond acceptors (Lipinski definition) is 2. The Balaban J connectivity index is 2.06. The molecule has 0 amide bonds. The van der Waals surface area contributed by atoms with Crippen molar-refractivity contribution in [3.05, 3.63) is 66.0 Å². The first kappa shape index (κ1) is 11.7. The molecule has 94 valence electrons. The van der Waals surface area contributed by atoms with Crippen molar-refractivity contribution in [3.8, 4) is 22.6 Å². The van der Waals surface area contributed by atoms with Crippen LogP contribution >= 0.6 is 0 Å². The molecule has 3 heteroatoms. The molecule has 2 aromatic carbocycles. The lowest BCUT2D eigenvalue weighted by atomic mass is 10.1. The van der Waals surface area contributed by atoms with Crippen LogP contribution in [0.1, 0.15) is 5.56 Å². The summed E-state index contributed by atoms with van der Waals surface area (Å²) in [6, 6.07) is 16.7. The molecule has 0 aliphatic carbocycles. The number of benzene rings is 2. The van der Waals surface area contributed by atoms with Gasteiger partial charge in [-0.25, -0.2) is 4.39 Å². The molecule has 1 aromatic heterocycles. The lowest BCUT2D eigenvalue weighted by molar-refractivity contribution is 0.429. The van der Waals surface area contributed by atoms with Crippen LogP contribution in [0.4, 0.5) is 4.39 Å². The van der Waals surface area contributed by atoms with Gasteiger partial charge in [0.05, 0.1) is 0 Å². The Morgan fingerprint density at radius 3 is 2.26 bits per heavy atom. The molecule has 0 saturated carbocycles. The van der Waals surface area contributed by atoms with Crippen molar-refractivity contribution in [3.63, 3.8) is 0 Å². The molecule has 0 saturated heterocycles. The van der Waals surface area contributed by atoms with Gasteiger partial charge in [-0.1, -0.05) is 65.3 Å². The minimum atomic E-state index is -0.421. The molecule has 0 N–H and O–H groups in total. The summed E-state index contributed by atoms with van der Waals surface area (Å²) in [5.74, 6) is -0.244. The van der Waals surface area contributed by atoms with Crippen molar-refractivity contribution in [1.82, 2.24) is 5.16 Å². The Kier molecular flexibility index (Phi) is 2.88. The fraction of sp³-hybridized carbons (Fsp3) is 0.0625. The normalized spacial score (nSPS) is 10.6. The summed E-state index contributed by atoms with van der Waals surface area (Å²) in [6.45, 7) is 1.98. The first-order valence-corrected chi connectivity index (χ1v) is 6.03. The third-order valence-corrected chi connectivity index (χ3v) is 3.00. The predicted octanol–water partition coefficient (Wildman–Crippen LogP) is 4.46. The first-order chi connectivity index (χ1) is 9.25. The largest absolute Gasteiger partial charge is 0.352 e. The quantitative estimate of drug-likeness (QED) is 0.674. The molecule has 2 nitrogen and oxygen atoms in total. The van der Waals surface area contributed by atoms with Crippen molar-refractivity contribution in [2.75, 3.05) is 0 Å². The van der Waals surface area contributed by atoms with Crippen LogP contribution in [0.3, 0.4) is 0 Å². The Labute approximate surface area is 110 Å². The van der Waals surface area contributed by atoms with E-state index in [9.17, 15) is 4.39 Å². The molecule has 0 unspecified atom stereocenters. The van der Waals surface area contributed by atoms with Crippen molar-refractivity contribution >= 4 is 0 Å². The number of aromatic nitrogens is 1. The third kappa shape index (κ3) is 2.15. The number of halogens is 1. The molecule has 0 aliphatic heterocycles. The van der Waals surface area contributed by atoms with E-state index in [1.54, 1.807) is 12.1 Å². The average molecular weight is 253 g/mol. The first-order valence-electron chi connectivity index (χ1n) is 6.03. The van der Waals surface area contributed by atoms with E-state index in [-0.39, 0.29) is 11.5 Å². The van der Waals surface area contributed by atoms with E-state index in [1.807, 2.05) is 49.4 Å². The topological polar surface area (TPSA) is 26.0 Å². The second-order valence-corrected chi connectivity index (χ2v) is 4.41. The Hall–Kier alpha value is -2.42.